The molecule has 2 aliphatic rings. The van der Waals surface area contributed by atoms with Crippen LogP contribution in [0.3, 0.4) is 0 Å². The van der Waals surface area contributed by atoms with Crippen LogP contribution in [0.4, 0.5) is 10.1 Å². The number of hydrogen-bond acceptors (Lipinski definition) is 4. The minimum Gasteiger partial charge on any atom is -0.368 e. The number of piperidine rings is 1. The van der Waals surface area contributed by atoms with E-state index in [9.17, 15) is 4.39 Å². The number of fused-ring (bicyclic) bond motifs is 1. The first-order valence-electron chi connectivity index (χ1n) is 10.9. The van der Waals surface area contributed by atoms with Crippen LogP contribution in [0.2, 0.25) is 0 Å². The molecule has 0 aliphatic carbocycles. The van der Waals surface area contributed by atoms with Crippen molar-refractivity contribution >= 4 is 5.69 Å². The number of anilines is 1. The molecule has 5 rings (SSSR count). The number of hydrogen-bond donors (Lipinski definition) is 0. The van der Waals surface area contributed by atoms with E-state index in [0.29, 0.717) is 6.04 Å². The van der Waals surface area contributed by atoms with Crippen LogP contribution in [-0.2, 0) is 19.4 Å². The number of benzene rings is 2. The van der Waals surface area contributed by atoms with Crippen LogP contribution in [0, 0.1) is 5.82 Å². The maximum absolute atomic E-state index is 13.1. The zero-order chi connectivity index (χ0) is 20.3. The molecule has 0 bridgehead atoms. The lowest BCUT2D eigenvalue weighted by Crippen LogP contribution is -2.45. The van der Waals surface area contributed by atoms with E-state index in [2.05, 4.69) is 38.2 Å². The molecule has 156 valence electrons. The second kappa shape index (κ2) is 8.56. The molecular weight excluding hydrogens is 377 g/mol. The van der Waals surface area contributed by atoms with Crippen LogP contribution in [0.25, 0.3) is 0 Å². The highest BCUT2D eigenvalue weighted by atomic mass is 19.1. The Balaban J connectivity index is 1.18. The monoisotopic (exact) mass is 405 g/mol. The van der Waals surface area contributed by atoms with Gasteiger partial charge in [-0.05, 0) is 60.6 Å². The first kappa shape index (κ1) is 19.2. The minimum atomic E-state index is -0.158. The quantitative estimate of drug-likeness (QED) is 0.629. The molecule has 1 saturated heterocycles. The van der Waals surface area contributed by atoms with Gasteiger partial charge in [0.25, 0.3) is 0 Å². The number of nitrogens with zero attached hydrogens (tertiary/aromatic N) is 5. The molecule has 1 aromatic heterocycles. The number of likely N-dealkylation sites (tertiary alicyclic amines) is 1. The summed E-state index contributed by atoms with van der Waals surface area (Å²) >= 11 is 0. The smallest absolute Gasteiger partial charge is 0.123 e. The molecule has 0 unspecified atom stereocenters. The second-order valence-corrected chi connectivity index (χ2v) is 8.42. The Hall–Kier alpha value is -2.73. The van der Waals surface area contributed by atoms with E-state index in [1.54, 1.807) is 29.3 Å². The van der Waals surface area contributed by atoms with Crippen LogP contribution in [-0.4, -0.2) is 52.1 Å². The van der Waals surface area contributed by atoms with Crippen molar-refractivity contribution in [1.82, 2.24) is 19.9 Å². The third-order valence-corrected chi connectivity index (χ3v) is 6.50. The number of rotatable bonds is 6. The molecule has 6 heteroatoms. The van der Waals surface area contributed by atoms with Gasteiger partial charge in [0, 0.05) is 37.9 Å². The predicted octanol–water partition coefficient (Wildman–Crippen LogP) is 3.54. The minimum absolute atomic E-state index is 0.158. The summed E-state index contributed by atoms with van der Waals surface area (Å²) < 4.78 is 13.1. The molecule has 2 aromatic carbocycles. The normalized spacial score (nSPS) is 17.4. The Morgan fingerprint density at radius 2 is 1.63 bits per heavy atom. The maximum Gasteiger partial charge on any atom is 0.123 e. The highest BCUT2D eigenvalue weighted by molar-refractivity contribution is 5.60. The Labute approximate surface area is 177 Å². The average Bonchev–Trinajstić information content (AvgIpc) is 3.43. The van der Waals surface area contributed by atoms with Crippen LogP contribution < -0.4 is 4.90 Å². The van der Waals surface area contributed by atoms with E-state index < -0.39 is 0 Å². The maximum atomic E-state index is 13.1. The molecule has 5 nitrogen and oxygen atoms in total. The standard InChI is InChI=1S/C24H28FN5/c25-22-5-2-19(3-6-22)7-13-28-14-9-23(10-15-28)29-16-8-21-4-1-20(17-24(21)29)18-30-26-11-12-27-30/h1-6,11-12,17,23H,7-10,13-16,18H2. The third kappa shape index (κ3) is 4.24. The van der Waals surface area contributed by atoms with Gasteiger partial charge in [0.15, 0.2) is 0 Å². The highest BCUT2D eigenvalue weighted by Gasteiger charge is 2.29. The molecule has 0 radical (unpaired) electrons. The molecule has 0 amide bonds. The Morgan fingerprint density at radius 1 is 0.900 bits per heavy atom. The lowest BCUT2D eigenvalue weighted by molar-refractivity contribution is 0.212. The molecule has 0 atom stereocenters. The van der Waals surface area contributed by atoms with Gasteiger partial charge < -0.3 is 9.80 Å². The van der Waals surface area contributed by atoms with Gasteiger partial charge in [-0.15, -0.1) is 0 Å². The van der Waals surface area contributed by atoms with Crippen molar-refractivity contribution in [2.75, 3.05) is 31.1 Å². The van der Waals surface area contributed by atoms with E-state index in [1.165, 1.54) is 35.2 Å². The van der Waals surface area contributed by atoms with Crippen molar-refractivity contribution in [2.24, 2.45) is 0 Å². The molecule has 1 fully saturated rings. The van der Waals surface area contributed by atoms with Crippen LogP contribution in [0.15, 0.2) is 54.9 Å². The highest BCUT2D eigenvalue weighted by Crippen LogP contribution is 2.33. The fourth-order valence-electron chi connectivity index (χ4n) is 4.81. The summed E-state index contributed by atoms with van der Waals surface area (Å²) in [4.78, 5) is 6.92. The first-order chi connectivity index (χ1) is 14.7. The number of halogens is 1. The van der Waals surface area contributed by atoms with Crippen molar-refractivity contribution in [3.63, 3.8) is 0 Å². The van der Waals surface area contributed by atoms with Crippen molar-refractivity contribution < 1.29 is 4.39 Å². The van der Waals surface area contributed by atoms with Gasteiger partial charge in [-0.2, -0.15) is 15.0 Å². The molecule has 2 aliphatic heterocycles. The molecular formula is C24H28FN5. The van der Waals surface area contributed by atoms with E-state index in [-0.39, 0.29) is 5.82 Å². The summed E-state index contributed by atoms with van der Waals surface area (Å²) in [5, 5.41) is 8.47. The lowest BCUT2D eigenvalue weighted by Gasteiger charge is -2.38. The summed E-state index contributed by atoms with van der Waals surface area (Å²) in [5.74, 6) is -0.158. The average molecular weight is 406 g/mol. The fourth-order valence-corrected chi connectivity index (χ4v) is 4.81. The van der Waals surface area contributed by atoms with Gasteiger partial charge in [-0.25, -0.2) is 4.39 Å². The zero-order valence-corrected chi connectivity index (χ0v) is 17.3. The first-order valence-corrected chi connectivity index (χ1v) is 10.9. The molecule has 0 saturated carbocycles. The summed E-state index contributed by atoms with van der Waals surface area (Å²) in [6.45, 7) is 5.16. The van der Waals surface area contributed by atoms with Gasteiger partial charge in [0.2, 0.25) is 0 Å². The molecule has 30 heavy (non-hydrogen) atoms. The molecule has 0 spiro atoms. The van der Waals surface area contributed by atoms with E-state index in [0.717, 1.165) is 45.6 Å². The molecule has 3 aromatic rings. The zero-order valence-electron chi connectivity index (χ0n) is 17.3. The van der Waals surface area contributed by atoms with Gasteiger partial charge in [0.05, 0.1) is 18.9 Å². The van der Waals surface area contributed by atoms with E-state index in [4.69, 9.17) is 0 Å². The lowest BCUT2D eigenvalue weighted by atomic mass is 10.0. The summed E-state index contributed by atoms with van der Waals surface area (Å²) in [7, 11) is 0. The third-order valence-electron chi connectivity index (χ3n) is 6.50. The second-order valence-electron chi connectivity index (χ2n) is 8.42. The van der Waals surface area contributed by atoms with E-state index >= 15 is 0 Å². The van der Waals surface area contributed by atoms with Crippen molar-refractivity contribution in [1.29, 1.82) is 0 Å². The van der Waals surface area contributed by atoms with Crippen LogP contribution in [0.1, 0.15) is 29.5 Å². The van der Waals surface area contributed by atoms with Gasteiger partial charge in [-0.3, -0.25) is 0 Å². The predicted molar refractivity (Wildman–Crippen MR) is 116 cm³/mol. The van der Waals surface area contributed by atoms with Gasteiger partial charge >= 0.3 is 0 Å². The molecule has 3 heterocycles. The summed E-state index contributed by atoms with van der Waals surface area (Å²) in [6.07, 6.45) is 7.98. The Bertz CT molecular complexity index is 962. The SMILES string of the molecule is Fc1ccc(CCN2CCC(N3CCc4ccc(Cn5nccn5)cc43)CC2)cc1. The molecule has 0 N–H and O–H groups in total. The van der Waals surface area contributed by atoms with Crippen molar-refractivity contribution in [3.8, 4) is 0 Å². The Kier molecular flexibility index (Phi) is 5.49. The topological polar surface area (TPSA) is 37.2 Å². The Morgan fingerprint density at radius 3 is 2.40 bits per heavy atom. The fraction of sp³-hybridized carbons (Fsp3) is 0.417. The summed E-state index contributed by atoms with van der Waals surface area (Å²) in [6, 6.07) is 14.4. The van der Waals surface area contributed by atoms with Gasteiger partial charge in [-0.1, -0.05) is 24.3 Å². The summed E-state index contributed by atoms with van der Waals surface area (Å²) in [5.41, 5.74) is 5.34. The van der Waals surface area contributed by atoms with E-state index in [1.807, 2.05) is 12.1 Å². The number of aromatic nitrogens is 3. The van der Waals surface area contributed by atoms with Crippen molar-refractivity contribution in [3.05, 3.63) is 77.4 Å². The largest absolute Gasteiger partial charge is 0.368 e. The van der Waals surface area contributed by atoms with Crippen LogP contribution >= 0.6 is 0 Å². The van der Waals surface area contributed by atoms with Gasteiger partial charge in [0.1, 0.15) is 5.82 Å². The van der Waals surface area contributed by atoms with Crippen LogP contribution in [0.5, 0.6) is 0 Å². The van der Waals surface area contributed by atoms with Crippen molar-refractivity contribution in [2.45, 2.75) is 38.3 Å².